The van der Waals surface area contributed by atoms with Gasteiger partial charge in [-0.25, -0.2) is 4.98 Å². The molecule has 0 unspecified atom stereocenters. The van der Waals surface area contributed by atoms with Crippen LogP contribution >= 0.6 is 15.9 Å². The molecule has 5 nitrogen and oxygen atoms in total. The van der Waals surface area contributed by atoms with Gasteiger partial charge in [-0.3, -0.25) is 4.72 Å². The number of halogens is 1. The highest BCUT2D eigenvalue weighted by atomic mass is 79.9. The molecular formula is C12H14BrN3O2S. The molecule has 0 bridgehead atoms. The molecule has 0 saturated heterocycles. The zero-order chi connectivity index (χ0) is 13.9. The highest BCUT2D eigenvalue weighted by Crippen LogP contribution is 2.21. The highest BCUT2D eigenvalue weighted by molar-refractivity contribution is 9.08. The zero-order valence-electron chi connectivity index (χ0n) is 10.4. The van der Waals surface area contributed by atoms with Crippen LogP contribution in [0.3, 0.4) is 0 Å². The number of benzene rings is 1. The summed E-state index contributed by atoms with van der Waals surface area (Å²) in [6, 6.07) is 7.23. The first kappa shape index (κ1) is 14.1. The summed E-state index contributed by atoms with van der Waals surface area (Å²) in [5, 5.41) is 0.605. The maximum Gasteiger partial charge on any atom is 0.280 e. The molecule has 0 aliphatic carbocycles. The van der Waals surface area contributed by atoms with Gasteiger partial charge >= 0.3 is 0 Å². The normalized spacial score (nSPS) is 11.5. The molecule has 0 spiro atoms. The first-order chi connectivity index (χ1) is 9.06. The van der Waals surface area contributed by atoms with Crippen LogP contribution in [0.25, 0.3) is 0 Å². The molecule has 0 saturated carbocycles. The van der Waals surface area contributed by atoms with Gasteiger partial charge < -0.3 is 4.57 Å². The molecule has 19 heavy (non-hydrogen) atoms. The van der Waals surface area contributed by atoms with Crippen molar-refractivity contribution < 1.29 is 8.42 Å². The Labute approximate surface area is 120 Å². The third-order valence-corrected chi connectivity index (χ3v) is 4.51. The van der Waals surface area contributed by atoms with Gasteiger partial charge in [0.2, 0.25) is 0 Å². The average Bonchev–Trinajstić information content (AvgIpc) is 2.88. The van der Waals surface area contributed by atoms with E-state index < -0.39 is 10.0 Å². The Kier molecular flexibility index (Phi) is 4.26. The van der Waals surface area contributed by atoms with Crippen LogP contribution in [-0.2, 0) is 21.9 Å². The maximum atomic E-state index is 12.2. The second-order valence-corrected chi connectivity index (χ2v) is 6.13. The monoisotopic (exact) mass is 343 g/mol. The van der Waals surface area contributed by atoms with Crippen LogP contribution < -0.4 is 4.72 Å². The summed E-state index contributed by atoms with van der Waals surface area (Å²) in [6.07, 6.45) is 3.02. The molecule has 7 heteroatoms. The Bertz CT molecular complexity index is 667. The van der Waals surface area contributed by atoms with Crippen molar-refractivity contribution in [1.29, 1.82) is 0 Å². The van der Waals surface area contributed by atoms with Crippen LogP contribution in [0.4, 0.5) is 5.69 Å². The van der Waals surface area contributed by atoms with Crippen molar-refractivity contribution in [3.05, 3.63) is 42.4 Å². The second kappa shape index (κ2) is 5.75. The van der Waals surface area contributed by atoms with Crippen molar-refractivity contribution in [3.8, 4) is 0 Å². The summed E-state index contributed by atoms with van der Waals surface area (Å²) in [4.78, 5) is 3.91. The molecular weight excluding hydrogens is 330 g/mol. The molecule has 0 aliphatic rings. The number of alkyl halides is 1. The van der Waals surface area contributed by atoms with Gasteiger partial charge in [-0.1, -0.05) is 34.1 Å². The molecule has 0 radical (unpaired) electrons. The summed E-state index contributed by atoms with van der Waals surface area (Å²) in [7, 11) is -3.64. The van der Waals surface area contributed by atoms with Crippen LogP contribution in [0.1, 0.15) is 12.5 Å². The topological polar surface area (TPSA) is 64.0 Å². The number of sulfonamides is 1. The molecule has 2 rings (SSSR count). The Morgan fingerprint density at radius 2 is 2.11 bits per heavy atom. The van der Waals surface area contributed by atoms with Gasteiger partial charge in [0.25, 0.3) is 10.0 Å². The largest absolute Gasteiger partial charge is 0.336 e. The minimum Gasteiger partial charge on any atom is -0.336 e. The average molecular weight is 344 g/mol. The molecule has 0 atom stereocenters. The van der Waals surface area contributed by atoms with E-state index in [1.807, 2.05) is 19.1 Å². The molecule has 102 valence electrons. The van der Waals surface area contributed by atoms with Gasteiger partial charge in [-0.05, 0) is 18.6 Å². The fourth-order valence-electron chi connectivity index (χ4n) is 1.58. The third kappa shape index (κ3) is 3.16. The maximum absolute atomic E-state index is 12.2. The molecule has 2 aromatic rings. The Balaban J connectivity index is 2.31. The summed E-state index contributed by atoms with van der Waals surface area (Å²) in [6.45, 7) is 2.60. The molecule has 1 aromatic carbocycles. The summed E-state index contributed by atoms with van der Waals surface area (Å²) in [5.41, 5.74) is 1.44. The number of nitrogens with zero attached hydrogens (tertiary/aromatic N) is 2. The number of aryl methyl sites for hydroxylation is 1. The van der Waals surface area contributed by atoms with Crippen molar-refractivity contribution in [3.63, 3.8) is 0 Å². The van der Waals surface area contributed by atoms with Crippen LogP contribution in [0.2, 0.25) is 0 Å². The van der Waals surface area contributed by atoms with E-state index in [9.17, 15) is 8.42 Å². The third-order valence-electron chi connectivity index (χ3n) is 2.66. The molecule has 1 aromatic heterocycles. The van der Waals surface area contributed by atoms with Crippen molar-refractivity contribution in [1.82, 2.24) is 9.55 Å². The molecule has 1 heterocycles. The standard InChI is InChI=1S/C12H14BrN3O2S/c1-2-16-8-12(14-9-16)19(17,18)15-11-6-4-3-5-10(11)7-13/h3-6,8-9,15H,2,7H2,1H3. The number of anilines is 1. The lowest BCUT2D eigenvalue weighted by atomic mass is 10.2. The fourth-order valence-corrected chi connectivity index (χ4v) is 3.13. The Morgan fingerprint density at radius 1 is 1.37 bits per heavy atom. The lowest BCUT2D eigenvalue weighted by Gasteiger charge is -2.09. The Hall–Kier alpha value is -1.34. The number of aromatic nitrogens is 2. The van der Waals surface area contributed by atoms with Gasteiger partial charge in [0.1, 0.15) is 0 Å². The molecule has 0 aliphatic heterocycles. The number of hydrogen-bond donors (Lipinski definition) is 1. The van der Waals surface area contributed by atoms with Crippen LogP contribution in [0.5, 0.6) is 0 Å². The lowest BCUT2D eigenvalue weighted by molar-refractivity contribution is 0.598. The molecule has 0 amide bonds. The first-order valence-corrected chi connectivity index (χ1v) is 8.35. The van der Waals surface area contributed by atoms with E-state index in [1.165, 1.54) is 12.5 Å². The number of imidazole rings is 1. The van der Waals surface area contributed by atoms with Crippen LogP contribution in [0, 0.1) is 0 Å². The predicted octanol–water partition coefficient (Wildman–Crippen LogP) is 2.60. The number of para-hydroxylation sites is 1. The zero-order valence-corrected chi connectivity index (χ0v) is 12.8. The second-order valence-electron chi connectivity index (χ2n) is 3.94. The van der Waals surface area contributed by atoms with Crippen molar-refractivity contribution in [2.24, 2.45) is 0 Å². The van der Waals surface area contributed by atoms with Crippen LogP contribution in [0.15, 0.2) is 41.8 Å². The van der Waals surface area contributed by atoms with E-state index in [0.29, 0.717) is 17.6 Å². The van der Waals surface area contributed by atoms with E-state index in [0.717, 1.165) is 5.56 Å². The molecule has 0 fully saturated rings. The summed E-state index contributed by atoms with van der Waals surface area (Å²) < 4.78 is 28.7. The predicted molar refractivity (Wildman–Crippen MR) is 77.8 cm³/mol. The van der Waals surface area contributed by atoms with Crippen molar-refractivity contribution >= 4 is 31.6 Å². The van der Waals surface area contributed by atoms with Gasteiger partial charge in [0, 0.05) is 18.1 Å². The number of hydrogen-bond acceptors (Lipinski definition) is 3. The van der Waals surface area contributed by atoms with Gasteiger partial charge in [-0.15, -0.1) is 0 Å². The van der Waals surface area contributed by atoms with Crippen molar-refractivity contribution in [2.45, 2.75) is 23.8 Å². The smallest absolute Gasteiger partial charge is 0.280 e. The summed E-state index contributed by atoms with van der Waals surface area (Å²) in [5.74, 6) is 0. The first-order valence-electron chi connectivity index (χ1n) is 5.75. The number of nitrogens with one attached hydrogen (secondary N) is 1. The minimum absolute atomic E-state index is 0.0266. The van der Waals surface area contributed by atoms with Crippen LogP contribution in [-0.4, -0.2) is 18.0 Å². The quantitative estimate of drug-likeness (QED) is 0.848. The van der Waals surface area contributed by atoms with Gasteiger partial charge in [0.15, 0.2) is 5.03 Å². The van der Waals surface area contributed by atoms with E-state index in [4.69, 9.17) is 0 Å². The summed E-state index contributed by atoms with van der Waals surface area (Å²) >= 11 is 3.33. The van der Waals surface area contributed by atoms with Gasteiger partial charge in [-0.2, -0.15) is 8.42 Å². The number of rotatable bonds is 5. The fraction of sp³-hybridized carbons (Fsp3) is 0.250. The Morgan fingerprint density at radius 3 is 2.74 bits per heavy atom. The van der Waals surface area contributed by atoms with E-state index in [1.54, 1.807) is 16.7 Å². The van der Waals surface area contributed by atoms with E-state index in [-0.39, 0.29) is 5.03 Å². The van der Waals surface area contributed by atoms with Crippen molar-refractivity contribution in [2.75, 3.05) is 4.72 Å². The lowest BCUT2D eigenvalue weighted by Crippen LogP contribution is -2.14. The molecule has 1 N–H and O–H groups in total. The van der Waals surface area contributed by atoms with Gasteiger partial charge in [0.05, 0.1) is 12.0 Å². The SMILES string of the molecule is CCn1cnc(S(=O)(=O)Nc2ccccc2CBr)c1. The van der Waals surface area contributed by atoms with E-state index in [2.05, 4.69) is 25.6 Å². The van der Waals surface area contributed by atoms with E-state index >= 15 is 0 Å². The minimum atomic E-state index is -3.64. The highest BCUT2D eigenvalue weighted by Gasteiger charge is 2.18.